The molecule has 2 aromatic carbocycles. The van der Waals surface area contributed by atoms with Gasteiger partial charge in [-0.05, 0) is 42.4 Å². The lowest BCUT2D eigenvalue weighted by molar-refractivity contribution is -0.141. The number of amides is 2. The van der Waals surface area contributed by atoms with Crippen LogP contribution in [0.4, 0.5) is 5.69 Å². The molecule has 8 heteroatoms. The van der Waals surface area contributed by atoms with Crippen LogP contribution in [0.1, 0.15) is 22.0 Å². The summed E-state index contributed by atoms with van der Waals surface area (Å²) in [7, 11) is 3.69. The molecule has 3 aliphatic rings. The van der Waals surface area contributed by atoms with Crippen molar-refractivity contribution in [2.45, 2.75) is 6.10 Å². The molecule has 0 saturated carbocycles. The minimum absolute atomic E-state index is 0.0849. The Morgan fingerprint density at radius 3 is 2.37 bits per heavy atom. The van der Waals surface area contributed by atoms with Crippen LogP contribution in [0.25, 0.3) is 0 Å². The molecule has 1 saturated heterocycles. The number of hydrogen-bond donors (Lipinski definition) is 1. The molecule has 2 aromatic rings. The lowest BCUT2D eigenvalue weighted by Crippen LogP contribution is -2.44. The van der Waals surface area contributed by atoms with Gasteiger partial charge in [0.05, 0.1) is 6.54 Å². The molecule has 0 unspecified atom stereocenters. The highest BCUT2D eigenvalue weighted by molar-refractivity contribution is 6.14. The van der Waals surface area contributed by atoms with Crippen LogP contribution in [-0.4, -0.2) is 87.4 Å². The second-order valence-corrected chi connectivity index (χ2v) is 9.26. The van der Waals surface area contributed by atoms with E-state index in [0.29, 0.717) is 31.0 Å². The highest BCUT2D eigenvalue weighted by atomic mass is 16.5. The fraction of sp³-hybridized carbons (Fsp3) is 0.370. The number of amidine groups is 1. The lowest BCUT2D eigenvalue weighted by Gasteiger charge is -2.34. The van der Waals surface area contributed by atoms with Crippen molar-refractivity contribution < 1.29 is 14.3 Å². The number of carbonyl (C=O) groups is 2. The van der Waals surface area contributed by atoms with Gasteiger partial charge in [0.2, 0.25) is 0 Å². The molecule has 5 rings (SSSR count). The van der Waals surface area contributed by atoms with E-state index in [9.17, 15) is 9.59 Å². The number of ether oxygens (including phenoxy) is 1. The molecule has 1 fully saturated rings. The van der Waals surface area contributed by atoms with Crippen molar-refractivity contribution in [1.82, 2.24) is 15.1 Å². The molecular formula is C27H31N5O3. The predicted molar refractivity (Wildman–Crippen MR) is 136 cm³/mol. The van der Waals surface area contributed by atoms with Gasteiger partial charge >= 0.3 is 0 Å². The number of nitrogens with one attached hydrogen (secondary N) is 1. The van der Waals surface area contributed by atoms with Gasteiger partial charge in [0.15, 0.2) is 6.10 Å². The molecule has 0 aliphatic carbocycles. The summed E-state index contributed by atoms with van der Waals surface area (Å²) in [5.41, 5.74) is 4.56. The Morgan fingerprint density at radius 2 is 1.69 bits per heavy atom. The Balaban J connectivity index is 1.20. The minimum atomic E-state index is -0.648. The fourth-order valence-corrected chi connectivity index (χ4v) is 4.85. The van der Waals surface area contributed by atoms with Gasteiger partial charge in [0, 0.05) is 63.2 Å². The van der Waals surface area contributed by atoms with Crippen LogP contribution >= 0.6 is 0 Å². The van der Waals surface area contributed by atoms with Gasteiger partial charge < -0.3 is 24.8 Å². The Labute approximate surface area is 205 Å². The summed E-state index contributed by atoms with van der Waals surface area (Å²) in [6, 6.07) is 17.2. The Kier molecular flexibility index (Phi) is 6.66. The van der Waals surface area contributed by atoms with Gasteiger partial charge in [-0.2, -0.15) is 0 Å². The molecule has 2 amide bonds. The van der Waals surface area contributed by atoms with Gasteiger partial charge in [-0.1, -0.05) is 30.3 Å². The SMILES string of the molecule is CO[C@@H](C(=O)N1CC2=C(C1)C(NC(=O)c1ccc(N3CCN(C)CC3)cc1)=NC2)c1ccccc1. The van der Waals surface area contributed by atoms with Crippen LogP contribution in [0.2, 0.25) is 0 Å². The lowest BCUT2D eigenvalue weighted by atomic mass is 10.1. The molecule has 1 atom stereocenters. The van der Waals surface area contributed by atoms with Crippen LogP contribution in [0, 0.1) is 0 Å². The standard InChI is InChI=1S/C27H31N5O3/c1-30-12-14-31(15-13-30)22-10-8-20(9-11-22)26(33)29-25-23-18-32(17-21(23)16-28-25)27(34)24(35-2)19-6-4-3-5-7-19/h3-11,24H,12-18H2,1-2H3,(H,28,29,33)/t24-/m1/s1. The van der Waals surface area contributed by atoms with E-state index in [-0.39, 0.29) is 11.8 Å². The fourth-order valence-electron chi connectivity index (χ4n) is 4.85. The minimum Gasteiger partial charge on any atom is -0.369 e. The van der Waals surface area contributed by atoms with Crippen molar-refractivity contribution in [3.05, 3.63) is 76.9 Å². The molecule has 0 spiro atoms. The molecule has 3 heterocycles. The number of likely N-dealkylation sites (N-methyl/N-ethyl adjacent to an activating group) is 1. The summed E-state index contributed by atoms with van der Waals surface area (Å²) in [5.74, 6) is 0.293. The van der Waals surface area contributed by atoms with E-state index in [4.69, 9.17) is 4.74 Å². The van der Waals surface area contributed by atoms with Crippen molar-refractivity contribution in [3.63, 3.8) is 0 Å². The van der Waals surface area contributed by atoms with Crippen LogP contribution in [-0.2, 0) is 9.53 Å². The van der Waals surface area contributed by atoms with E-state index in [0.717, 1.165) is 48.6 Å². The summed E-state index contributed by atoms with van der Waals surface area (Å²) >= 11 is 0. The maximum atomic E-state index is 13.2. The van der Waals surface area contributed by atoms with Crippen LogP contribution in [0.15, 0.2) is 70.7 Å². The van der Waals surface area contributed by atoms with Gasteiger partial charge in [0.25, 0.3) is 11.8 Å². The molecule has 8 nitrogen and oxygen atoms in total. The van der Waals surface area contributed by atoms with Crippen molar-refractivity contribution in [1.29, 1.82) is 0 Å². The topological polar surface area (TPSA) is 77.5 Å². The molecule has 1 N–H and O–H groups in total. The number of methoxy groups -OCH3 is 1. The van der Waals surface area contributed by atoms with E-state index in [1.54, 1.807) is 12.0 Å². The zero-order valence-electron chi connectivity index (χ0n) is 20.2. The number of benzene rings is 2. The first kappa shape index (κ1) is 23.3. The third kappa shape index (κ3) is 4.85. The van der Waals surface area contributed by atoms with Crippen molar-refractivity contribution in [2.75, 3.05) is 64.9 Å². The third-order valence-corrected chi connectivity index (χ3v) is 6.98. The quantitative estimate of drug-likeness (QED) is 0.720. The third-order valence-electron chi connectivity index (χ3n) is 6.98. The first-order valence-electron chi connectivity index (χ1n) is 12.0. The van der Waals surface area contributed by atoms with E-state index >= 15 is 0 Å². The van der Waals surface area contributed by atoms with E-state index < -0.39 is 6.10 Å². The maximum absolute atomic E-state index is 13.2. The zero-order chi connectivity index (χ0) is 24.4. The Bertz CT molecular complexity index is 1150. The number of carbonyl (C=O) groups excluding carboxylic acids is 2. The molecular weight excluding hydrogens is 442 g/mol. The van der Waals surface area contributed by atoms with Crippen molar-refractivity contribution in [2.24, 2.45) is 4.99 Å². The molecule has 35 heavy (non-hydrogen) atoms. The molecule has 0 aromatic heterocycles. The van der Waals surface area contributed by atoms with Gasteiger partial charge in [-0.3, -0.25) is 14.6 Å². The Morgan fingerprint density at radius 1 is 0.971 bits per heavy atom. The Hall–Kier alpha value is -3.49. The van der Waals surface area contributed by atoms with Crippen molar-refractivity contribution >= 4 is 23.3 Å². The number of hydrogen-bond acceptors (Lipinski definition) is 6. The van der Waals surface area contributed by atoms with Gasteiger partial charge in [0.1, 0.15) is 5.84 Å². The largest absolute Gasteiger partial charge is 0.369 e. The molecule has 3 aliphatic heterocycles. The van der Waals surface area contributed by atoms with E-state index in [1.807, 2.05) is 54.6 Å². The number of aliphatic imine (C=N–C) groups is 1. The maximum Gasteiger partial charge on any atom is 0.256 e. The first-order chi connectivity index (χ1) is 17.0. The molecule has 0 bridgehead atoms. The number of nitrogens with zero attached hydrogens (tertiary/aromatic N) is 4. The normalized spacial score (nSPS) is 19.0. The zero-order valence-corrected chi connectivity index (χ0v) is 20.2. The highest BCUT2D eigenvalue weighted by Gasteiger charge is 2.35. The smallest absolute Gasteiger partial charge is 0.256 e. The summed E-state index contributed by atoms with van der Waals surface area (Å²) in [4.78, 5) is 37.1. The number of piperazine rings is 1. The van der Waals surface area contributed by atoms with Crippen LogP contribution in [0.3, 0.4) is 0 Å². The number of rotatable bonds is 5. The predicted octanol–water partition coefficient (Wildman–Crippen LogP) is 2.11. The highest BCUT2D eigenvalue weighted by Crippen LogP contribution is 2.28. The first-order valence-corrected chi connectivity index (χ1v) is 12.0. The van der Waals surface area contributed by atoms with Crippen molar-refractivity contribution in [3.8, 4) is 0 Å². The summed E-state index contributed by atoms with van der Waals surface area (Å²) in [6.07, 6.45) is -0.648. The summed E-state index contributed by atoms with van der Waals surface area (Å²) in [5, 5.41) is 2.97. The second-order valence-electron chi connectivity index (χ2n) is 9.26. The van der Waals surface area contributed by atoms with Gasteiger partial charge in [-0.15, -0.1) is 0 Å². The average molecular weight is 474 g/mol. The summed E-state index contributed by atoms with van der Waals surface area (Å²) in [6.45, 7) is 5.47. The van der Waals surface area contributed by atoms with Crippen LogP contribution in [0.5, 0.6) is 0 Å². The van der Waals surface area contributed by atoms with E-state index in [1.165, 1.54) is 0 Å². The molecule has 0 radical (unpaired) electrons. The average Bonchev–Trinajstić information content (AvgIpc) is 3.48. The summed E-state index contributed by atoms with van der Waals surface area (Å²) < 4.78 is 5.53. The van der Waals surface area contributed by atoms with Crippen LogP contribution < -0.4 is 10.2 Å². The molecule has 182 valence electrons. The van der Waals surface area contributed by atoms with Gasteiger partial charge in [-0.25, -0.2) is 0 Å². The monoisotopic (exact) mass is 473 g/mol. The van der Waals surface area contributed by atoms with E-state index in [2.05, 4.69) is 27.2 Å². The number of anilines is 1. The second kappa shape index (κ2) is 10.0.